The molecule has 1 N–H and O–H groups in total. The van der Waals surface area contributed by atoms with E-state index in [0.29, 0.717) is 23.6 Å². The number of ether oxygens (including phenoxy) is 1. The molecule has 0 atom stereocenters. The molecule has 0 aliphatic rings. The second-order valence-corrected chi connectivity index (χ2v) is 5.48. The second kappa shape index (κ2) is 7.02. The van der Waals surface area contributed by atoms with Crippen molar-refractivity contribution in [1.82, 2.24) is 4.98 Å². The van der Waals surface area contributed by atoms with Crippen LogP contribution in [0.5, 0.6) is 5.75 Å². The summed E-state index contributed by atoms with van der Waals surface area (Å²) in [6.45, 7) is 0.354. The highest BCUT2D eigenvalue weighted by atomic mass is 32.1. The average molecular weight is 328 g/mol. The third-order valence-electron chi connectivity index (χ3n) is 3.07. The summed E-state index contributed by atoms with van der Waals surface area (Å²) in [5, 5.41) is 4.62. The Kier molecular flexibility index (Phi) is 4.63. The van der Waals surface area contributed by atoms with Crippen molar-refractivity contribution in [1.29, 1.82) is 0 Å². The Bertz CT molecular complexity index is 789. The highest BCUT2D eigenvalue weighted by Gasteiger charge is 2.08. The molecular formula is C17H13FN2O2S. The Morgan fingerprint density at radius 1 is 1.22 bits per heavy atom. The predicted octanol–water partition coefficient (Wildman–Crippen LogP) is 4.11. The number of carbonyl (C=O) groups is 1. The number of nitrogens with one attached hydrogen (secondary N) is 1. The van der Waals surface area contributed by atoms with Crippen LogP contribution in [-0.2, 0) is 6.61 Å². The van der Waals surface area contributed by atoms with Crippen LogP contribution < -0.4 is 10.1 Å². The van der Waals surface area contributed by atoms with Gasteiger partial charge in [0.15, 0.2) is 0 Å². The van der Waals surface area contributed by atoms with Gasteiger partial charge >= 0.3 is 0 Å². The molecule has 0 aliphatic carbocycles. The topological polar surface area (TPSA) is 51.2 Å². The van der Waals surface area contributed by atoms with E-state index in [0.717, 1.165) is 5.69 Å². The third kappa shape index (κ3) is 4.14. The Morgan fingerprint density at radius 2 is 2.04 bits per heavy atom. The van der Waals surface area contributed by atoms with Gasteiger partial charge in [-0.3, -0.25) is 4.79 Å². The lowest BCUT2D eigenvalue weighted by Crippen LogP contribution is -2.12. The molecule has 1 aromatic heterocycles. The molecule has 1 amide bonds. The molecule has 0 unspecified atom stereocenters. The van der Waals surface area contributed by atoms with E-state index in [1.165, 1.54) is 35.6 Å². The number of hydrogen-bond donors (Lipinski definition) is 1. The smallest absolute Gasteiger partial charge is 0.255 e. The van der Waals surface area contributed by atoms with Gasteiger partial charge in [-0.1, -0.05) is 6.07 Å². The van der Waals surface area contributed by atoms with E-state index in [2.05, 4.69) is 10.3 Å². The monoisotopic (exact) mass is 328 g/mol. The minimum Gasteiger partial charge on any atom is -0.487 e. The van der Waals surface area contributed by atoms with Crippen LogP contribution in [0.15, 0.2) is 59.4 Å². The minimum atomic E-state index is -0.347. The standard InChI is InChI=1S/C17H13FN2O2S/c18-13-4-6-14(7-5-13)20-17(21)12-2-1-3-16(8-12)22-9-15-10-23-11-19-15/h1-8,10-11H,9H2,(H,20,21). The number of benzene rings is 2. The Morgan fingerprint density at radius 3 is 2.78 bits per heavy atom. The summed E-state index contributed by atoms with van der Waals surface area (Å²) < 4.78 is 18.5. The first kappa shape index (κ1) is 15.2. The molecule has 2 aromatic carbocycles. The second-order valence-electron chi connectivity index (χ2n) is 4.76. The molecule has 0 saturated heterocycles. The maximum Gasteiger partial charge on any atom is 0.255 e. The normalized spacial score (nSPS) is 10.3. The Balaban J connectivity index is 1.66. The molecule has 6 heteroatoms. The fraction of sp³-hybridized carbons (Fsp3) is 0.0588. The van der Waals surface area contributed by atoms with Gasteiger partial charge in [-0.25, -0.2) is 9.37 Å². The number of nitrogens with zero attached hydrogens (tertiary/aromatic N) is 1. The molecule has 3 rings (SSSR count). The third-order valence-corrected chi connectivity index (χ3v) is 3.70. The summed E-state index contributed by atoms with van der Waals surface area (Å²) in [5.74, 6) is -0.0408. The molecule has 1 heterocycles. The maximum atomic E-state index is 12.9. The molecule has 23 heavy (non-hydrogen) atoms. The minimum absolute atomic E-state index is 0.282. The lowest BCUT2D eigenvalue weighted by atomic mass is 10.2. The van der Waals surface area contributed by atoms with Crippen LogP contribution >= 0.6 is 11.3 Å². The fourth-order valence-corrected chi connectivity index (χ4v) is 2.47. The molecule has 0 fully saturated rings. The van der Waals surface area contributed by atoms with Gasteiger partial charge in [0, 0.05) is 16.6 Å². The van der Waals surface area contributed by atoms with E-state index >= 15 is 0 Å². The zero-order valence-corrected chi connectivity index (χ0v) is 12.8. The number of anilines is 1. The first-order valence-electron chi connectivity index (χ1n) is 6.87. The lowest BCUT2D eigenvalue weighted by Gasteiger charge is -2.08. The maximum absolute atomic E-state index is 12.9. The fourth-order valence-electron chi connectivity index (χ4n) is 1.93. The summed E-state index contributed by atoms with van der Waals surface area (Å²) >= 11 is 1.50. The number of thiazole rings is 1. The van der Waals surface area contributed by atoms with Crippen molar-refractivity contribution >= 4 is 22.9 Å². The predicted molar refractivity (Wildman–Crippen MR) is 87.2 cm³/mol. The van der Waals surface area contributed by atoms with Crippen LogP contribution in [-0.4, -0.2) is 10.9 Å². The van der Waals surface area contributed by atoms with Crippen molar-refractivity contribution in [2.75, 3.05) is 5.32 Å². The van der Waals surface area contributed by atoms with Crippen molar-refractivity contribution < 1.29 is 13.9 Å². The average Bonchev–Trinajstić information content (AvgIpc) is 3.09. The molecule has 0 radical (unpaired) electrons. The number of rotatable bonds is 5. The summed E-state index contributed by atoms with van der Waals surface area (Å²) in [5.41, 5.74) is 3.58. The van der Waals surface area contributed by atoms with E-state index in [-0.39, 0.29) is 11.7 Å². The summed E-state index contributed by atoms with van der Waals surface area (Å²) in [7, 11) is 0. The SMILES string of the molecule is O=C(Nc1ccc(F)cc1)c1cccc(OCc2cscn2)c1. The van der Waals surface area contributed by atoms with Gasteiger partial charge in [-0.2, -0.15) is 0 Å². The molecule has 3 aromatic rings. The molecule has 116 valence electrons. The number of halogens is 1. The van der Waals surface area contributed by atoms with E-state index in [9.17, 15) is 9.18 Å². The highest BCUT2D eigenvalue weighted by molar-refractivity contribution is 7.07. The van der Waals surface area contributed by atoms with Crippen LogP contribution in [0.3, 0.4) is 0 Å². The number of carbonyl (C=O) groups excluding carboxylic acids is 1. The Hall–Kier alpha value is -2.73. The van der Waals surface area contributed by atoms with Crippen LogP contribution in [0.2, 0.25) is 0 Å². The number of amides is 1. The van der Waals surface area contributed by atoms with Gasteiger partial charge < -0.3 is 10.1 Å². The van der Waals surface area contributed by atoms with Crippen LogP contribution in [0, 0.1) is 5.82 Å². The Labute approximate surface area is 136 Å². The van der Waals surface area contributed by atoms with Gasteiger partial charge in [-0.05, 0) is 42.5 Å². The number of hydrogen-bond acceptors (Lipinski definition) is 4. The van der Waals surface area contributed by atoms with Crippen LogP contribution in [0.25, 0.3) is 0 Å². The first-order valence-corrected chi connectivity index (χ1v) is 7.82. The molecule has 0 aliphatic heterocycles. The highest BCUT2D eigenvalue weighted by Crippen LogP contribution is 2.17. The van der Waals surface area contributed by atoms with Crippen molar-refractivity contribution in [3.05, 3.63) is 76.5 Å². The largest absolute Gasteiger partial charge is 0.487 e. The molecular weight excluding hydrogens is 315 g/mol. The summed E-state index contributed by atoms with van der Waals surface area (Å²) in [6.07, 6.45) is 0. The van der Waals surface area contributed by atoms with Gasteiger partial charge in [0.05, 0.1) is 11.2 Å². The van der Waals surface area contributed by atoms with Gasteiger partial charge in [0.1, 0.15) is 18.2 Å². The van der Waals surface area contributed by atoms with Crippen molar-refractivity contribution in [2.45, 2.75) is 6.61 Å². The zero-order valence-electron chi connectivity index (χ0n) is 12.0. The summed E-state index contributed by atoms with van der Waals surface area (Å²) in [6, 6.07) is 12.5. The lowest BCUT2D eigenvalue weighted by molar-refractivity contribution is 0.102. The first-order chi connectivity index (χ1) is 11.2. The van der Waals surface area contributed by atoms with Gasteiger partial charge in [0.2, 0.25) is 0 Å². The summed E-state index contributed by atoms with van der Waals surface area (Å²) in [4.78, 5) is 16.3. The molecule has 0 saturated carbocycles. The van der Waals surface area contributed by atoms with E-state index in [4.69, 9.17) is 4.74 Å². The van der Waals surface area contributed by atoms with E-state index in [1.807, 2.05) is 5.38 Å². The van der Waals surface area contributed by atoms with E-state index in [1.54, 1.807) is 29.8 Å². The molecule has 0 spiro atoms. The van der Waals surface area contributed by atoms with Crippen molar-refractivity contribution in [3.8, 4) is 5.75 Å². The zero-order chi connectivity index (χ0) is 16.1. The van der Waals surface area contributed by atoms with E-state index < -0.39 is 0 Å². The quantitative estimate of drug-likeness (QED) is 0.767. The van der Waals surface area contributed by atoms with Gasteiger partial charge in [0.25, 0.3) is 5.91 Å². The van der Waals surface area contributed by atoms with Crippen LogP contribution in [0.4, 0.5) is 10.1 Å². The van der Waals surface area contributed by atoms with Crippen molar-refractivity contribution in [2.24, 2.45) is 0 Å². The van der Waals surface area contributed by atoms with Crippen molar-refractivity contribution in [3.63, 3.8) is 0 Å². The van der Waals surface area contributed by atoms with Crippen LogP contribution in [0.1, 0.15) is 16.1 Å². The molecule has 0 bridgehead atoms. The van der Waals surface area contributed by atoms with Gasteiger partial charge in [-0.15, -0.1) is 11.3 Å². The number of aromatic nitrogens is 1. The molecule has 4 nitrogen and oxygen atoms in total.